The second-order valence-corrected chi connectivity index (χ2v) is 8.28. The second-order valence-electron chi connectivity index (χ2n) is 7.87. The van der Waals surface area contributed by atoms with Crippen LogP contribution in [0.25, 0.3) is 0 Å². The standard InChI is InChI=1S/C23H31ClN4O2/c1-3-11-30-22-13-21(25)20(24)12-19(22)23(29)26-18-15-27(2)9-10-28(16-18)14-17-7-5-4-6-8-17/h4-8,12-13,18H,3,9-11,14-16,25H2,1-2H3,(H,26,29). The predicted molar refractivity (Wildman–Crippen MR) is 122 cm³/mol. The van der Waals surface area contributed by atoms with Crippen LogP contribution < -0.4 is 15.8 Å². The average Bonchev–Trinajstić information content (AvgIpc) is 2.89. The fraction of sp³-hybridized carbons (Fsp3) is 0.435. The van der Waals surface area contributed by atoms with E-state index in [9.17, 15) is 4.79 Å². The molecule has 2 aromatic carbocycles. The Morgan fingerprint density at radius 1 is 1.23 bits per heavy atom. The molecule has 0 bridgehead atoms. The molecular weight excluding hydrogens is 400 g/mol. The normalized spacial score (nSPS) is 18.0. The number of anilines is 1. The number of carbonyl (C=O) groups excluding carboxylic acids is 1. The van der Waals surface area contributed by atoms with Crippen LogP contribution in [-0.4, -0.2) is 61.6 Å². The molecule has 0 radical (unpaired) electrons. The quantitative estimate of drug-likeness (QED) is 0.660. The maximum atomic E-state index is 13.1. The summed E-state index contributed by atoms with van der Waals surface area (Å²) < 4.78 is 5.76. The number of nitrogen functional groups attached to an aromatic ring is 1. The highest BCUT2D eigenvalue weighted by Gasteiger charge is 2.24. The van der Waals surface area contributed by atoms with Gasteiger partial charge in [-0.2, -0.15) is 0 Å². The molecule has 162 valence electrons. The topological polar surface area (TPSA) is 70.8 Å². The van der Waals surface area contributed by atoms with Gasteiger partial charge in [0.15, 0.2) is 0 Å². The van der Waals surface area contributed by atoms with Gasteiger partial charge in [-0.25, -0.2) is 0 Å². The number of benzene rings is 2. The molecule has 1 heterocycles. The van der Waals surface area contributed by atoms with E-state index in [4.69, 9.17) is 22.1 Å². The van der Waals surface area contributed by atoms with Crippen LogP contribution >= 0.6 is 11.6 Å². The van der Waals surface area contributed by atoms with Crippen LogP contribution in [0.4, 0.5) is 5.69 Å². The number of hydrogen-bond acceptors (Lipinski definition) is 5. The molecule has 1 aliphatic rings. The zero-order chi connectivity index (χ0) is 21.5. The van der Waals surface area contributed by atoms with Crippen LogP contribution in [0.1, 0.15) is 29.3 Å². The Morgan fingerprint density at radius 3 is 2.73 bits per heavy atom. The van der Waals surface area contributed by atoms with Gasteiger partial charge in [0.1, 0.15) is 5.75 Å². The molecule has 2 aromatic rings. The summed E-state index contributed by atoms with van der Waals surface area (Å²) in [6.45, 7) is 6.86. The number of rotatable bonds is 7. The maximum Gasteiger partial charge on any atom is 0.255 e. The van der Waals surface area contributed by atoms with Crippen LogP contribution in [0.5, 0.6) is 5.75 Å². The van der Waals surface area contributed by atoms with Crippen molar-refractivity contribution in [3.63, 3.8) is 0 Å². The molecule has 0 aromatic heterocycles. The van der Waals surface area contributed by atoms with Gasteiger partial charge < -0.3 is 20.7 Å². The molecule has 3 rings (SSSR count). The molecule has 1 amide bonds. The minimum absolute atomic E-state index is 0.0101. The molecule has 7 heteroatoms. The number of amides is 1. The number of halogens is 1. The first-order chi connectivity index (χ1) is 14.5. The molecule has 6 nitrogen and oxygen atoms in total. The summed E-state index contributed by atoms with van der Waals surface area (Å²) in [5.41, 5.74) is 8.02. The minimum Gasteiger partial charge on any atom is -0.493 e. The average molecular weight is 431 g/mol. The lowest BCUT2D eigenvalue weighted by molar-refractivity contribution is 0.0920. The smallest absolute Gasteiger partial charge is 0.255 e. The number of hydrogen-bond donors (Lipinski definition) is 2. The van der Waals surface area contributed by atoms with E-state index in [1.54, 1.807) is 12.1 Å². The van der Waals surface area contributed by atoms with Crippen molar-refractivity contribution in [3.8, 4) is 5.75 Å². The van der Waals surface area contributed by atoms with E-state index in [0.29, 0.717) is 28.6 Å². The van der Waals surface area contributed by atoms with Gasteiger partial charge >= 0.3 is 0 Å². The second kappa shape index (κ2) is 10.7. The zero-order valence-corrected chi connectivity index (χ0v) is 18.5. The lowest BCUT2D eigenvalue weighted by Crippen LogP contribution is -2.46. The van der Waals surface area contributed by atoms with Gasteiger partial charge in [-0.15, -0.1) is 0 Å². The van der Waals surface area contributed by atoms with Crippen molar-refractivity contribution in [1.29, 1.82) is 0 Å². The number of ether oxygens (including phenoxy) is 1. The molecule has 0 spiro atoms. The van der Waals surface area contributed by atoms with Gasteiger partial charge in [-0.05, 0) is 25.1 Å². The van der Waals surface area contributed by atoms with Crippen molar-refractivity contribution >= 4 is 23.2 Å². The Bertz CT molecular complexity index is 847. The molecule has 0 saturated carbocycles. The Hall–Kier alpha value is -2.28. The van der Waals surface area contributed by atoms with Gasteiger partial charge in [0.25, 0.3) is 5.91 Å². The fourth-order valence-electron chi connectivity index (χ4n) is 3.66. The molecule has 30 heavy (non-hydrogen) atoms. The highest BCUT2D eigenvalue weighted by atomic mass is 35.5. The van der Waals surface area contributed by atoms with Crippen molar-refractivity contribution in [2.75, 3.05) is 45.6 Å². The molecule has 1 unspecified atom stereocenters. The summed E-state index contributed by atoms with van der Waals surface area (Å²) in [5, 5.41) is 3.54. The summed E-state index contributed by atoms with van der Waals surface area (Å²) in [5.74, 6) is 0.280. The van der Waals surface area contributed by atoms with E-state index >= 15 is 0 Å². The molecule has 1 aliphatic heterocycles. The molecule has 3 N–H and O–H groups in total. The van der Waals surface area contributed by atoms with Gasteiger partial charge in [-0.1, -0.05) is 48.9 Å². The van der Waals surface area contributed by atoms with E-state index in [-0.39, 0.29) is 11.9 Å². The van der Waals surface area contributed by atoms with E-state index in [2.05, 4.69) is 46.4 Å². The van der Waals surface area contributed by atoms with Crippen molar-refractivity contribution in [3.05, 3.63) is 58.6 Å². The van der Waals surface area contributed by atoms with Crippen LogP contribution in [0, 0.1) is 0 Å². The number of nitrogens with one attached hydrogen (secondary N) is 1. The largest absolute Gasteiger partial charge is 0.493 e. The van der Waals surface area contributed by atoms with Crippen LogP contribution in [0.15, 0.2) is 42.5 Å². The Kier molecular flexibility index (Phi) is 7.96. The van der Waals surface area contributed by atoms with Crippen molar-refractivity contribution < 1.29 is 9.53 Å². The molecule has 1 saturated heterocycles. The van der Waals surface area contributed by atoms with Gasteiger partial charge in [0.2, 0.25) is 0 Å². The van der Waals surface area contributed by atoms with E-state index in [1.807, 2.05) is 13.0 Å². The first kappa shape index (κ1) is 22.4. The number of carbonyl (C=O) groups is 1. The Labute approximate surface area is 183 Å². The van der Waals surface area contributed by atoms with Gasteiger partial charge in [-0.3, -0.25) is 9.69 Å². The fourth-order valence-corrected chi connectivity index (χ4v) is 3.82. The third kappa shape index (κ3) is 6.11. The van der Waals surface area contributed by atoms with E-state index in [0.717, 1.165) is 39.1 Å². The Morgan fingerprint density at radius 2 is 2.00 bits per heavy atom. The SMILES string of the molecule is CCCOc1cc(N)c(Cl)cc1C(=O)NC1CN(C)CCN(Cc2ccccc2)C1. The van der Waals surface area contributed by atoms with Crippen LogP contribution in [0.2, 0.25) is 5.02 Å². The van der Waals surface area contributed by atoms with Gasteiger partial charge in [0, 0.05) is 38.8 Å². The van der Waals surface area contributed by atoms with Crippen molar-refractivity contribution in [2.24, 2.45) is 0 Å². The molecule has 0 aliphatic carbocycles. The summed E-state index contributed by atoms with van der Waals surface area (Å²) in [6, 6.07) is 13.6. The Balaban J connectivity index is 1.73. The summed E-state index contributed by atoms with van der Waals surface area (Å²) in [6.07, 6.45) is 0.839. The maximum absolute atomic E-state index is 13.1. The third-order valence-electron chi connectivity index (χ3n) is 5.20. The predicted octanol–water partition coefficient (Wildman–Crippen LogP) is 3.26. The monoisotopic (exact) mass is 430 g/mol. The number of likely N-dealkylation sites (N-methyl/N-ethyl adjacent to an activating group) is 1. The first-order valence-corrected chi connectivity index (χ1v) is 10.8. The summed E-state index contributed by atoms with van der Waals surface area (Å²) in [7, 11) is 2.08. The van der Waals surface area contributed by atoms with Crippen molar-refractivity contribution in [1.82, 2.24) is 15.1 Å². The van der Waals surface area contributed by atoms with Crippen LogP contribution in [0.3, 0.4) is 0 Å². The number of nitrogens with zero attached hydrogens (tertiary/aromatic N) is 2. The molecule has 1 fully saturated rings. The highest BCUT2D eigenvalue weighted by molar-refractivity contribution is 6.33. The minimum atomic E-state index is -0.192. The summed E-state index contributed by atoms with van der Waals surface area (Å²) >= 11 is 6.19. The molecular formula is C23H31ClN4O2. The zero-order valence-electron chi connectivity index (χ0n) is 17.7. The first-order valence-electron chi connectivity index (χ1n) is 10.4. The lowest BCUT2D eigenvalue weighted by Gasteiger charge is -2.25. The van der Waals surface area contributed by atoms with Crippen LogP contribution in [-0.2, 0) is 6.54 Å². The van der Waals surface area contributed by atoms with E-state index < -0.39 is 0 Å². The third-order valence-corrected chi connectivity index (χ3v) is 5.53. The molecule has 1 atom stereocenters. The van der Waals surface area contributed by atoms with E-state index in [1.165, 1.54) is 5.56 Å². The highest BCUT2D eigenvalue weighted by Crippen LogP contribution is 2.29. The summed E-state index contributed by atoms with van der Waals surface area (Å²) in [4.78, 5) is 17.8. The number of nitrogens with two attached hydrogens (primary N) is 1. The lowest BCUT2D eigenvalue weighted by atomic mass is 10.1. The van der Waals surface area contributed by atoms with Gasteiger partial charge in [0.05, 0.1) is 28.9 Å². The van der Waals surface area contributed by atoms with Crippen molar-refractivity contribution in [2.45, 2.75) is 25.9 Å².